The van der Waals surface area contributed by atoms with Gasteiger partial charge in [0.1, 0.15) is 29.1 Å². The van der Waals surface area contributed by atoms with E-state index in [0.717, 1.165) is 17.7 Å². The van der Waals surface area contributed by atoms with E-state index in [0.29, 0.717) is 16.8 Å². The number of benzene rings is 2. The zero-order valence-electron chi connectivity index (χ0n) is 31.3. The molecule has 3 rings (SSSR count). The highest BCUT2D eigenvalue weighted by molar-refractivity contribution is 7.96. The molecule has 4 amide bonds. The summed E-state index contributed by atoms with van der Waals surface area (Å²) in [5, 5.41) is 29.7. The van der Waals surface area contributed by atoms with Crippen LogP contribution in [0.15, 0.2) is 77.2 Å². The summed E-state index contributed by atoms with van der Waals surface area (Å²) in [4.78, 5) is 81.9. The third-order valence-electron chi connectivity index (χ3n) is 8.27. The zero-order chi connectivity index (χ0) is 41.6. The molecule has 0 saturated heterocycles. The van der Waals surface area contributed by atoms with Gasteiger partial charge in [0.15, 0.2) is 9.84 Å². The van der Waals surface area contributed by atoms with Crippen LogP contribution in [0.2, 0.25) is 0 Å². The van der Waals surface area contributed by atoms with Gasteiger partial charge in [0.2, 0.25) is 17.7 Å². The number of aryl methyl sites for hydroxylation is 1. The average Bonchev–Trinajstić information content (AvgIpc) is 3.11. The van der Waals surface area contributed by atoms with Crippen LogP contribution in [0.4, 0.5) is 4.79 Å². The number of carboxylic acid groups (broad SMARTS) is 2. The Morgan fingerprint density at radius 2 is 1.43 bits per heavy atom. The molecule has 6 N–H and O–H groups in total. The van der Waals surface area contributed by atoms with Crippen molar-refractivity contribution >= 4 is 68.1 Å². The van der Waals surface area contributed by atoms with Crippen molar-refractivity contribution in [1.82, 2.24) is 26.3 Å². The third-order valence-corrected chi connectivity index (χ3v) is 10.1. The minimum atomic E-state index is -3.94. The highest BCUT2D eigenvalue weighted by atomic mass is 35.5. The lowest BCUT2D eigenvalue weighted by Crippen LogP contribution is -2.60. The Balaban J connectivity index is 1.90. The third kappa shape index (κ3) is 14.9. The number of nitrogens with zero attached hydrogens (tertiary/aromatic N) is 1. The van der Waals surface area contributed by atoms with E-state index in [1.54, 1.807) is 57.2 Å². The fourth-order valence-corrected chi connectivity index (χ4v) is 5.89. The lowest BCUT2D eigenvalue weighted by molar-refractivity contribution is -0.138. The number of fused-ring (bicyclic) bond motifs is 1. The maximum absolute atomic E-state index is 14.1. The molecule has 1 aromatic heterocycles. The first-order valence-corrected chi connectivity index (χ1v) is 19.7. The van der Waals surface area contributed by atoms with Gasteiger partial charge in [-0.05, 0) is 48.4 Å². The first-order chi connectivity index (χ1) is 26.2. The Labute approximate surface area is 329 Å². The predicted octanol–water partition coefficient (Wildman–Crippen LogP) is 3.43. The van der Waals surface area contributed by atoms with Crippen molar-refractivity contribution in [3.05, 3.63) is 88.4 Å². The number of aliphatic carboxylic acids is 2. The molecule has 0 fully saturated rings. The van der Waals surface area contributed by atoms with E-state index in [9.17, 15) is 47.4 Å². The molecule has 18 heteroatoms. The first kappa shape index (κ1) is 44.8. The molecule has 1 heterocycles. The number of ether oxygens (including phenoxy) is 1. The highest BCUT2D eigenvalue weighted by Crippen LogP contribution is 2.21. The summed E-state index contributed by atoms with van der Waals surface area (Å²) in [6.07, 6.45) is -0.860. The largest absolute Gasteiger partial charge is 0.481 e. The number of hydrogen-bond acceptors (Lipinski definition) is 10. The molecule has 302 valence electrons. The maximum atomic E-state index is 14.1. The number of rotatable bonds is 19. The topological polar surface area (TPSA) is 247 Å². The monoisotopic (exact) mass is 815 g/mol. The molecule has 56 heavy (non-hydrogen) atoms. The zero-order valence-corrected chi connectivity index (χ0v) is 32.9. The van der Waals surface area contributed by atoms with E-state index in [4.69, 9.17) is 16.3 Å². The summed E-state index contributed by atoms with van der Waals surface area (Å²) >= 11 is 5.87. The van der Waals surface area contributed by atoms with Gasteiger partial charge in [-0.2, -0.15) is 0 Å². The molecular weight excluding hydrogens is 770 g/mol. The molecule has 0 bridgehead atoms. The number of carbonyl (C=O) groups excluding carboxylic acids is 4. The van der Waals surface area contributed by atoms with Crippen molar-refractivity contribution in [2.45, 2.75) is 83.6 Å². The lowest BCUT2D eigenvalue weighted by atomic mass is 9.85. The van der Waals surface area contributed by atoms with Gasteiger partial charge >= 0.3 is 18.0 Å². The normalized spacial score (nSPS) is 14.1. The van der Waals surface area contributed by atoms with Crippen LogP contribution in [0.5, 0.6) is 0 Å². The van der Waals surface area contributed by atoms with Crippen LogP contribution < -0.4 is 21.3 Å². The summed E-state index contributed by atoms with van der Waals surface area (Å²) in [6.45, 7) is 4.71. The second-order valence-electron chi connectivity index (χ2n) is 14.0. The second kappa shape index (κ2) is 20.4. The van der Waals surface area contributed by atoms with E-state index < -0.39 is 92.4 Å². The van der Waals surface area contributed by atoms with Gasteiger partial charge in [0.05, 0.1) is 18.0 Å². The summed E-state index contributed by atoms with van der Waals surface area (Å²) < 4.78 is 28.4. The number of pyridine rings is 1. The van der Waals surface area contributed by atoms with Crippen molar-refractivity contribution in [2.24, 2.45) is 5.41 Å². The Morgan fingerprint density at radius 3 is 2.05 bits per heavy atom. The van der Waals surface area contributed by atoms with Gasteiger partial charge in [0, 0.05) is 23.8 Å². The van der Waals surface area contributed by atoms with E-state index in [1.807, 2.05) is 30.3 Å². The fourth-order valence-electron chi connectivity index (χ4n) is 5.33. The van der Waals surface area contributed by atoms with Gasteiger partial charge in [-0.1, -0.05) is 87.0 Å². The molecule has 4 unspecified atom stereocenters. The van der Waals surface area contributed by atoms with Crippen LogP contribution >= 0.6 is 11.6 Å². The number of aromatic nitrogens is 1. The molecule has 16 nitrogen and oxygen atoms in total. The molecule has 0 radical (unpaired) electrons. The van der Waals surface area contributed by atoms with E-state index in [1.165, 1.54) is 0 Å². The summed E-state index contributed by atoms with van der Waals surface area (Å²) in [6, 6.07) is 14.1. The van der Waals surface area contributed by atoms with Crippen LogP contribution in [-0.4, -0.2) is 89.8 Å². The molecule has 0 aliphatic heterocycles. The molecule has 0 spiro atoms. The molecule has 0 saturated carbocycles. The van der Waals surface area contributed by atoms with Crippen LogP contribution in [0.3, 0.4) is 0 Å². The molecule has 2 aromatic carbocycles. The average molecular weight is 816 g/mol. The Morgan fingerprint density at radius 1 is 0.804 bits per heavy atom. The van der Waals surface area contributed by atoms with Gasteiger partial charge in [-0.25, -0.2) is 13.2 Å². The Kier molecular flexibility index (Phi) is 16.3. The van der Waals surface area contributed by atoms with E-state index in [-0.39, 0.29) is 25.9 Å². The van der Waals surface area contributed by atoms with Crippen LogP contribution in [0.1, 0.15) is 57.7 Å². The number of alkyl carbamates (subject to hydrolysis) is 1. The minimum Gasteiger partial charge on any atom is -0.481 e. The number of amides is 4. The van der Waals surface area contributed by atoms with Gasteiger partial charge < -0.3 is 36.2 Å². The molecule has 0 aliphatic carbocycles. The highest BCUT2D eigenvalue weighted by Gasteiger charge is 2.37. The van der Waals surface area contributed by atoms with E-state index in [2.05, 4.69) is 26.3 Å². The molecule has 3 aromatic rings. The summed E-state index contributed by atoms with van der Waals surface area (Å²) in [7, 11) is -3.94. The van der Waals surface area contributed by atoms with Gasteiger partial charge in [-0.15, -0.1) is 0 Å². The Bertz CT molecular complexity index is 2040. The second-order valence-corrected chi connectivity index (χ2v) is 16.7. The van der Waals surface area contributed by atoms with Crippen molar-refractivity contribution in [2.75, 3.05) is 6.26 Å². The Hall–Kier alpha value is -5.55. The summed E-state index contributed by atoms with van der Waals surface area (Å²) in [5.41, 5.74) is 0.888. The molecule has 0 aliphatic rings. The van der Waals surface area contributed by atoms with Gasteiger partial charge in [0.25, 0.3) is 0 Å². The van der Waals surface area contributed by atoms with E-state index >= 15 is 0 Å². The maximum Gasteiger partial charge on any atom is 0.408 e. The number of halogens is 1. The minimum absolute atomic E-state index is 0.0696. The fraction of sp³-hybridized carbons (Fsp3) is 0.395. The number of sulfone groups is 1. The van der Waals surface area contributed by atoms with Crippen molar-refractivity contribution in [3.8, 4) is 0 Å². The number of carboxylic acids is 2. The predicted molar refractivity (Wildman–Crippen MR) is 207 cm³/mol. The van der Waals surface area contributed by atoms with Crippen molar-refractivity contribution in [3.63, 3.8) is 0 Å². The van der Waals surface area contributed by atoms with Gasteiger partial charge in [-0.3, -0.25) is 29.0 Å². The van der Waals surface area contributed by atoms with Crippen molar-refractivity contribution < 1.29 is 52.1 Å². The number of hydrogen-bond donors (Lipinski definition) is 6. The number of para-hydroxylation sites is 1. The summed E-state index contributed by atoms with van der Waals surface area (Å²) in [5.74, 6) is -5.26. The molecular formula is C38H46ClN5O11S. The van der Waals surface area contributed by atoms with Crippen LogP contribution in [0.25, 0.3) is 10.9 Å². The van der Waals surface area contributed by atoms with Crippen molar-refractivity contribution in [1.29, 1.82) is 0 Å². The SMILES string of the molecule is CC(C)(C)C(NC(=O)C(CCc1ccc2ccccc2n1)NC(=O)C(CCC(=O)O)NC(=O)OCc1ccccc1)C(=O)NC(C=C(Cl)S(C)(=O)=O)CC(=O)O. The standard InChI is InChI=1S/C38H46ClN5O11S/c1-38(2,3)33(36(51)41-26(21-32(47)48)20-30(39)56(4,53)54)44-35(50)28(17-16-25-15-14-24-12-8-9-13-27(24)40-25)42-34(49)29(18-19-31(45)46)43-37(52)55-22-23-10-6-5-7-11-23/h5-15,20,26,28-29,33H,16-19,21-22H2,1-4H3,(H,41,51)(H,42,49)(H,43,52)(H,44,50)(H,45,46)(H,47,48). The quantitative estimate of drug-likeness (QED) is 0.102. The lowest BCUT2D eigenvalue weighted by Gasteiger charge is -2.33. The number of carbonyl (C=O) groups is 6. The first-order valence-electron chi connectivity index (χ1n) is 17.5. The number of nitrogens with one attached hydrogen (secondary N) is 4. The smallest absolute Gasteiger partial charge is 0.408 e. The molecule has 4 atom stereocenters. The van der Waals surface area contributed by atoms with Crippen LogP contribution in [0, 0.1) is 5.41 Å². The van der Waals surface area contributed by atoms with Crippen LogP contribution in [-0.2, 0) is 51.6 Å².